The molecule has 1 aliphatic rings. The molecule has 5 heteroatoms. The van der Waals surface area contributed by atoms with E-state index in [1.54, 1.807) is 18.3 Å². The summed E-state index contributed by atoms with van der Waals surface area (Å²) < 4.78 is 5.81. The third-order valence-electron chi connectivity index (χ3n) is 3.18. The van der Waals surface area contributed by atoms with Gasteiger partial charge in [0.05, 0.1) is 11.7 Å². The average molecular weight is 260 g/mol. The van der Waals surface area contributed by atoms with Crippen LogP contribution in [0.15, 0.2) is 18.3 Å². The van der Waals surface area contributed by atoms with Gasteiger partial charge in [-0.2, -0.15) is 5.26 Å². The Morgan fingerprint density at radius 3 is 3.11 bits per heavy atom. The Morgan fingerprint density at radius 1 is 1.47 bits per heavy atom. The van der Waals surface area contributed by atoms with E-state index in [1.165, 1.54) is 0 Å². The van der Waals surface area contributed by atoms with E-state index in [-0.39, 0.29) is 0 Å². The molecular weight excluding hydrogens is 240 g/mol. The van der Waals surface area contributed by atoms with E-state index < -0.39 is 0 Å². The normalized spacial score (nSPS) is 15.9. The second-order valence-corrected chi connectivity index (χ2v) is 4.61. The lowest BCUT2D eigenvalue weighted by atomic mass is 10.1. The van der Waals surface area contributed by atoms with Gasteiger partial charge in [-0.15, -0.1) is 0 Å². The van der Waals surface area contributed by atoms with E-state index >= 15 is 0 Å². The van der Waals surface area contributed by atoms with Crippen LogP contribution in [0.25, 0.3) is 0 Å². The van der Waals surface area contributed by atoms with Gasteiger partial charge >= 0.3 is 0 Å². The van der Waals surface area contributed by atoms with Crippen molar-refractivity contribution in [3.63, 3.8) is 0 Å². The van der Waals surface area contributed by atoms with Crippen molar-refractivity contribution in [1.82, 2.24) is 10.3 Å². The molecule has 2 heterocycles. The van der Waals surface area contributed by atoms with Gasteiger partial charge < -0.3 is 15.4 Å². The molecule has 0 aliphatic carbocycles. The summed E-state index contributed by atoms with van der Waals surface area (Å²) in [4.78, 5) is 4.15. The fraction of sp³-hybridized carbons (Fsp3) is 0.571. The average Bonchev–Trinajstić information content (AvgIpc) is 2.48. The van der Waals surface area contributed by atoms with Crippen molar-refractivity contribution < 1.29 is 4.74 Å². The number of hydrogen-bond donors (Lipinski definition) is 2. The Labute approximate surface area is 114 Å². The maximum atomic E-state index is 8.93. The summed E-state index contributed by atoms with van der Waals surface area (Å²) in [5.74, 6) is 0.659. The molecular formula is C14H20N4O. The molecule has 102 valence electrons. The number of ether oxygens (including phenoxy) is 1. The van der Waals surface area contributed by atoms with Crippen molar-refractivity contribution in [2.24, 2.45) is 0 Å². The first kappa shape index (κ1) is 13.8. The highest BCUT2D eigenvalue weighted by Crippen LogP contribution is 2.10. The topological polar surface area (TPSA) is 70.0 Å². The maximum absolute atomic E-state index is 8.93. The standard InChI is InChI=1S/C14H20N4O/c15-11-12-3-1-6-17-14(12)18-7-2-10-19-13-4-8-16-9-5-13/h1,3,6,13,16H,2,4-5,7-10H2,(H,17,18). The van der Waals surface area contributed by atoms with E-state index in [0.29, 0.717) is 17.5 Å². The highest BCUT2D eigenvalue weighted by molar-refractivity contribution is 5.50. The Kier molecular flexibility index (Phi) is 5.60. The second-order valence-electron chi connectivity index (χ2n) is 4.61. The summed E-state index contributed by atoms with van der Waals surface area (Å²) in [5, 5.41) is 15.4. The second kappa shape index (κ2) is 7.72. The lowest BCUT2D eigenvalue weighted by Crippen LogP contribution is -2.32. The van der Waals surface area contributed by atoms with Gasteiger partial charge in [-0.05, 0) is 44.5 Å². The minimum absolute atomic E-state index is 0.408. The van der Waals surface area contributed by atoms with Crippen LogP contribution < -0.4 is 10.6 Å². The van der Waals surface area contributed by atoms with Crippen molar-refractivity contribution in [3.05, 3.63) is 23.9 Å². The van der Waals surface area contributed by atoms with E-state index in [4.69, 9.17) is 10.00 Å². The molecule has 1 saturated heterocycles. The lowest BCUT2D eigenvalue weighted by Gasteiger charge is -2.22. The first-order valence-electron chi connectivity index (χ1n) is 6.81. The van der Waals surface area contributed by atoms with Gasteiger partial charge in [0.25, 0.3) is 0 Å². The van der Waals surface area contributed by atoms with E-state index in [9.17, 15) is 0 Å². The molecule has 0 amide bonds. The van der Waals surface area contributed by atoms with Crippen LogP contribution >= 0.6 is 0 Å². The first-order chi connectivity index (χ1) is 9.40. The molecule has 2 N–H and O–H groups in total. The molecule has 5 nitrogen and oxygen atoms in total. The minimum Gasteiger partial charge on any atom is -0.378 e. The quantitative estimate of drug-likeness (QED) is 0.759. The summed E-state index contributed by atoms with van der Waals surface area (Å²) in [6, 6.07) is 5.66. The van der Waals surface area contributed by atoms with Gasteiger partial charge in [-0.1, -0.05) is 0 Å². The van der Waals surface area contributed by atoms with Crippen LogP contribution in [0.5, 0.6) is 0 Å². The highest BCUT2D eigenvalue weighted by Gasteiger charge is 2.12. The van der Waals surface area contributed by atoms with Gasteiger partial charge in [-0.3, -0.25) is 0 Å². The molecule has 1 fully saturated rings. The number of nitrogens with one attached hydrogen (secondary N) is 2. The van der Waals surface area contributed by atoms with E-state index in [0.717, 1.165) is 45.5 Å². The summed E-state index contributed by atoms with van der Waals surface area (Å²) in [6.07, 6.45) is 5.23. The molecule has 0 aromatic carbocycles. The van der Waals surface area contributed by atoms with Crippen molar-refractivity contribution in [3.8, 4) is 6.07 Å². The van der Waals surface area contributed by atoms with Crippen molar-refractivity contribution in [2.45, 2.75) is 25.4 Å². The number of nitriles is 1. The summed E-state index contributed by atoms with van der Waals surface area (Å²) in [5.41, 5.74) is 0.585. The summed E-state index contributed by atoms with van der Waals surface area (Å²) in [6.45, 7) is 3.65. The van der Waals surface area contributed by atoms with E-state index in [2.05, 4.69) is 21.7 Å². The lowest BCUT2D eigenvalue weighted by molar-refractivity contribution is 0.0329. The van der Waals surface area contributed by atoms with Gasteiger partial charge in [-0.25, -0.2) is 4.98 Å². The van der Waals surface area contributed by atoms with Crippen LogP contribution in [-0.4, -0.2) is 37.3 Å². The molecule has 1 aromatic heterocycles. The predicted octanol–water partition coefficient (Wildman–Crippen LogP) is 1.52. The zero-order valence-corrected chi connectivity index (χ0v) is 11.1. The fourth-order valence-corrected chi connectivity index (χ4v) is 2.13. The first-order valence-corrected chi connectivity index (χ1v) is 6.81. The van der Waals surface area contributed by atoms with Crippen LogP contribution in [-0.2, 0) is 4.74 Å². The molecule has 2 rings (SSSR count). The van der Waals surface area contributed by atoms with Gasteiger partial charge in [0.1, 0.15) is 11.9 Å². The van der Waals surface area contributed by atoms with Crippen LogP contribution in [0.2, 0.25) is 0 Å². The molecule has 0 spiro atoms. The van der Waals surface area contributed by atoms with Gasteiger partial charge in [0.15, 0.2) is 0 Å². The third-order valence-corrected chi connectivity index (χ3v) is 3.18. The number of pyridine rings is 1. The smallest absolute Gasteiger partial charge is 0.143 e. The van der Waals surface area contributed by atoms with Crippen LogP contribution in [0.1, 0.15) is 24.8 Å². The van der Waals surface area contributed by atoms with Crippen molar-refractivity contribution >= 4 is 5.82 Å². The van der Waals surface area contributed by atoms with Crippen LogP contribution in [0.3, 0.4) is 0 Å². The molecule has 0 radical (unpaired) electrons. The highest BCUT2D eigenvalue weighted by atomic mass is 16.5. The monoisotopic (exact) mass is 260 g/mol. The Balaban J connectivity index is 1.62. The molecule has 19 heavy (non-hydrogen) atoms. The van der Waals surface area contributed by atoms with E-state index in [1.807, 2.05) is 0 Å². The number of nitrogens with zero attached hydrogens (tertiary/aromatic N) is 2. The van der Waals surface area contributed by atoms with Crippen LogP contribution in [0, 0.1) is 11.3 Å². The fourth-order valence-electron chi connectivity index (χ4n) is 2.13. The SMILES string of the molecule is N#Cc1cccnc1NCCCOC1CCNCC1. The maximum Gasteiger partial charge on any atom is 0.143 e. The molecule has 0 bridgehead atoms. The number of aromatic nitrogens is 1. The molecule has 0 unspecified atom stereocenters. The van der Waals surface area contributed by atoms with Crippen molar-refractivity contribution in [2.75, 3.05) is 31.6 Å². The largest absolute Gasteiger partial charge is 0.378 e. The number of piperidine rings is 1. The molecule has 0 atom stereocenters. The van der Waals surface area contributed by atoms with Crippen LogP contribution in [0.4, 0.5) is 5.82 Å². The third kappa shape index (κ3) is 4.51. The van der Waals surface area contributed by atoms with Gasteiger partial charge in [0.2, 0.25) is 0 Å². The minimum atomic E-state index is 0.408. The molecule has 1 aromatic rings. The Hall–Kier alpha value is -1.64. The Morgan fingerprint density at radius 2 is 2.32 bits per heavy atom. The summed E-state index contributed by atoms with van der Waals surface area (Å²) in [7, 11) is 0. The Bertz CT molecular complexity index is 424. The number of rotatable bonds is 6. The van der Waals surface area contributed by atoms with Gasteiger partial charge in [0, 0.05) is 19.3 Å². The van der Waals surface area contributed by atoms with Crippen molar-refractivity contribution in [1.29, 1.82) is 5.26 Å². The number of hydrogen-bond acceptors (Lipinski definition) is 5. The zero-order valence-electron chi connectivity index (χ0n) is 11.1. The molecule has 1 aliphatic heterocycles. The number of anilines is 1. The predicted molar refractivity (Wildman–Crippen MR) is 73.9 cm³/mol. The summed E-state index contributed by atoms with van der Waals surface area (Å²) >= 11 is 0. The molecule has 0 saturated carbocycles. The zero-order chi connectivity index (χ0) is 13.3.